The first-order valence-corrected chi connectivity index (χ1v) is 5.33. The molecule has 2 aromatic rings. The zero-order valence-electron chi connectivity index (χ0n) is 8.65. The summed E-state index contributed by atoms with van der Waals surface area (Å²) in [5.74, 6) is 0. The molecule has 2 rings (SSSR count). The third kappa shape index (κ3) is 2.57. The van der Waals surface area contributed by atoms with Crippen molar-refractivity contribution in [3.63, 3.8) is 0 Å². The molecule has 1 heterocycles. The van der Waals surface area contributed by atoms with E-state index in [2.05, 4.69) is 29.8 Å². The molecule has 76 valence electrons. The summed E-state index contributed by atoms with van der Waals surface area (Å²) < 4.78 is 2.20. The second-order valence-corrected chi connectivity index (χ2v) is 4.04. The predicted octanol–water partition coefficient (Wildman–Crippen LogP) is 2.98. The standard InChI is InChI=1S/C13H13ClN/c1-11-5-2-3-8-15(11)10-12-6-4-7-13(14)9-12/h2-9H,10H2,1H3/q+1. The number of hydrogen-bond donors (Lipinski definition) is 0. The molecule has 0 spiro atoms. The lowest BCUT2D eigenvalue weighted by atomic mass is 10.2. The zero-order valence-corrected chi connectivity index (χ0v) is 9.41. The fourth-order valence-electron chi connectivity index (χ4n) is 1.57. The molecule has 1 aromatic heterocycles. The molecule has 0 radical (unpaired) electrons. The van der Waals surface area contributed by atoms with E-state index in [1.54, 1.807) is 0 Å². The van der Waals surface area contributed by atoms with Crippen molar-refractivity contribution in [2.45, 2.75) is 13.5 Å². The minimum Gasteiger partial charge on any atom is -0.198 e. The number of nitrogens with zero attached hydrogens (tertiary/aromatic N) is 1. The van der Waals surface area contributed by atoms with Crippen molar-refractivity contribution in [2.75, 3.05) is 0 Å². The normalized spacial score (nSPS) is 10.3. The van der Waals surface area contributed by atoms with Crippen molar-refractivity contribution >= 4 is 11.6 Å². The predicted molar refractivity (Wildman–Crippen MR) is 61.9 cm³/mol. The lowest BCUT2D eigenvalue weighted by Gasteiger charge is -2.00. The van der Waals surface area contributed by atoms with Gasteiger partial charge in [0.2, 0.25) is 0 Å². The van der Waals surface area contributed by atoms with Crippen molar-refractivity contribution in [2.24, 2.45) is 0 Å². The second kappa shape index (κ2) is 4.45. The Balaban J connectivity index is 2.26. The van der Waals surface area contributed by atoms with Gasteiger partial charge in [-0.05, 0) is 12.1 Å². The minimum absolute atomic E-state index is 0.793. The Bertz CT molecular complexity index is 466. The van der Waals surface area contributed by atoms with Gasteiger partial charge in [-0.25, -0.2) is 0 Å². The maximum atomic E-state index is 5.94. The van der Waals surface area contributed by atoms with Crippen LogP contribution in [0.1, 0.15) is 11.3 Å². The molecule has 0 bridgehead atoms. The summed E-state index contributed by atoms with van der Waals surface area (Å²) in [4.78, 5) is 0. The van der Waals surface area contributed by atoms with E-state index < -0.39 is 0 Å². The Kier molecular flexibility index (Phi) is 3.02. The number of rotatable bonds is 2. The molecule has 0 N–H and O–H groups in total. The fraction of sp³-hybridized carbons (Fsp3) is 0.154. The van der Waals surface area contributed by atoms with E-state index in [9.17, 15) is 0 Å². The van der Waals surface area contributed by atoms with Gasteiger partial charge in [-0.15, -0.1) is 0 Å². The van der Waals surface area contributed by atoms with E-state index in [1.165, 1.54) is 11.3 Å². The largest absolute Gasteiger partial charge is 0.198 e. The number of hydrogen-bond acceptors (Lipinski definition) is 0. The molecule has 0 amide bonds. The van der Waals surface area contributed by atoms with Crippen LogP contribution in [0, 0.1) is 6.92 Å². The van der Waals surface area contributed by atoms with Crippen LogP contribution < -0.4 is 4.57 Å². The zero-order chi connectivity index (χ0) is 10.7. The van der Waals surface area contributed by atoms with Gasteiger partial charge in [0.15, 0.2) is 18.4 Å². The Morgan fingerprint density at radius 3 is 2.73 bits per heavy atom. The molecule has 0 aliphatic carbocycles. The fourth-order valence-corrected chi connectivity index (χ4v) is 1.78. The Hall–Kier alpha value is -1.34. The van der Waals surface area contributed by atoms with Gasteiger partial charge in [0.1, 0.15) is 0 Å². The number of benzene rings is 1. The maximum Gasteiger partial charge on any atom is 0.178 e. The molecule has 2 heteroatoms. The smallest absolute Gasteiger partial charge is 0.178 e. The van der Waals surface area contributed by atoms with E-state index in [0.29, 0.717) is 0 Å². The van der Waals surface area contributed by atoms with E-state index in [1.807, 2.05) is 30.3 Å². The molecular weight excluding hydrogens is 206 g/mol. The highest BCUT2D eigenvalue weighted by Gasteiger charge is 2.05. The van der Waals surface area contributed by atoms with Crippen molar-refractivity contribution in [1.82, 2.24) is 0 Å². The maximum absolute atomic E-state index is 5.94. The van der Waals surface area contributed by atoms with Crippen LogP contribution in [-0.2, 0) is 6.54 Å². The van der Waals surface area contributed by atoms with Crippen LogP contribution in [0.4, 0.5) is 0 Å². The summed E-state index contributed by atoms with van der Waals surface area (Å²) in [6, 6.07) is 14.2. The number of pyridine rings is 1. The summed E-state index contributed by atoms with van der Waals surface area (Å²) in [5.41, 5.74) is 2.47. The van der Waals surface area contributed by atoms with Crippen molar-refractivity contribution in [1.29, 1.82) is 0 Å². The summed E-state index contributed by atoms with van der Waals surface area (Å²) in [6.07, 6.45) is 2.08. The van der Waals surface area contributed by atoms with Crippen LogP contribution in [0.5, 0.6) is 0 Å². The molecule has 0 atom stereocenters. The van der Waals surface area contributed by atoms with Crippen molar-refractivity contribution in [3.8, 4) is 0 Å². The third-order valence-electron chi connectivity index (χ3n) is 2.41. The van der Waals surface area contributed by atoms with Crippen LogP contribution in [0.2, 0.25) is 5.02 Å². The molecule has 1 nitrogen and oxygen atoms in total. The van der Waals surface area contributed by atoms with Crippen LogP contribution in [0.25, 0.3) is 0 Å². The Morgan fingerprint density at radius 1 is 1.13 bits per heavy atom. The van der Waals surface area contributed by atoms with Crippen LogP contribution in [-0.4, -0.2) is 0 Å². The molecule has 1 aromatic carbocycles. The molecule has 0 fully saturated rings. The third-order valence-corrected chi connectivity index (χ3v) is 2.64. The highest BCUT2D eigenvalue weighted by molar-refractivity contribution is 6.30. The second-order valence-electron chi connectivity index (χ2n) is 3.60. The minimum atomic E-state index is 0.793. The van der Waals surface area contributed by atoms with E-state index in [-0.39, 0.29) is 0 Å². The van der Waals surface area contributed by atoms with Crippen molar-refractivity contribution in [3.05, 3.63) is 64.9 Å². The monoisotopic (exact) mass is 218 g/mol. The van der Waals surface area contributed by atoms with Gasteiger partial charge < -0.3 is 0 Å². The lowest BCUT2D eigenvalue weighted by Crippen LogP contribution is -2.36. The Morgan fingerprint density at radius 2 is 2.00 bits per heavy atom. The van der Waals surface area contributed by atoms with E-state index in [4.69, 9.17) is 11.6 Å². The summed E-state index contributed by atoms with van der Waals surface area (Å²) >= 11 is 5.94. The van der Waals surface area contributed by atoms with Crippen LogP contribution in [0.15, 0.2) is 48.7 Å². The highest BCUT2D eigenvalue weighted by atomic mass is 35.5. The number of halogens is 1. The van der Waals surface area contributed by atoms with Gasteiger partial charge in [-0.3, -0.25) is 0 Å². The van der Waals surface area contributed by atoms with Gasteiger partial charge in [0.05, 0.1) is 0 Å². The summed E-state index contributed by atoms with van der Waals surface area (Å²) in [7, 11) is 0. The summed E-state index contributed by atoms with van der Waals surface area (Å²) in [6.45, 7) is 2.97. The highest BCUT2D eigenvalue weighted by Crippen LogP contribution is 2.10. The first-order valence-electron chi connectivity index (χ1n) is 4.95. The van der Waals surface area contributed by atoms with Gasteiger partial charge in [-0.2, -0.15) is 4.57 Å². The van der Waals surface area contributed by atoms with E-state index in [0.717, 1.165) is 11.6 Å². The van der Waals surface area contributed by atoms with Gasteiger partial charge in [0.25, 0.3) is 0 Å². The quantitative estimate of drug-likeness (QED) is 0.683. The topological polar surface area (TPSA) is 3.88 Å². The molecule has 0 aliphatic rings. The molecular formula is C13H13ClN+. The number of aryl methyl sites for hydroxylation is 1. The first-order chi connectivity index (χ1) is 7.25. The first kappa shape index (κ1) is 10.2. The molecule has 0 saturated carbocycles. The van der Waals surface area contributed by atoms with Gasteiger partial charge in [0, 0.05) is 29.6 Å². The van der Waals surface area contributed by atoms with Gasteiger partial charge >= 0.3 is 0 Å². The average molecular weight is 219 g/mol. The number of aromatic nitrogens is 1. The molecule has 15 heavy (non-hydrogen) atoms. The lowest BCUT2D eigenvalue weighted by molar-refractivity contribution is -0.694. The molecule has 0 unspecified atom stereocenters. The SMILES string of the molecule is Cc1cccc[n+]1Cc1cccc(Cl)c1. The molecule has 0 saturated heterocycles. The molecule has 0 aliphatic heterocycles. The van der Waals surface area contributed by atoms with Gasteiger partial charge in [-0.1, -0.05) is 29.8 Å². The average Bonchev–Trinajstić information content (AvgIpc) is 2.22. The van der Waals surface area contributed by atoms with Crippen LogP contribution in [0.3, 0.4) is 0 Å². The summed E-state index contributed by atoms with van der Waals surface area (Å²) in [5, 5.41) is 0.793. The van der Waals surface area contributed by atoms with E-state index >= 15 is 0 Å². The Labute approximate surface area is 95.0 Å². The van der Waals surface area contributed by atoms with Crippen LogP contribution >= 0.6 is 11.6 Å². The van der Waals surface area contributed by atoms with Crippen molar-refractivity contribution < 1.29 is 4.57 Å².